The van der Waals surface area contributed by atoms with Crippen molar-refractivity contribution in [2.45, 2.75) is 89.5 Å². The van der Waals surface area contributed by atoms with Gasteiger partial charge in [-0.3, -0.25) is 14.4 Å². The second-order valence-corrected chi connectivity index (χ2v) is 11.1. The average molecular weight is 503 g/mol. The van der Waals surface area contributed by atoms with Gasteiger partial charge >= 0.3 is 5.97 Å². The van der Waals surface area contributed by atoms with Crippen LogP contribution in [0.1, 0.15) is 66.2 Å². The van der Waals surface area contributed by atoms with Gasteiger partial charge in [0.05, 0.1) is 25.2 Å². The largest absolute Gasteiger partial charge is 0.465 e. The van der Waals surface area contributed by atoms with E-state index in [9.17, 15) is 19.5 Å². The number of hydrogen-bond donors (Lipinski definition) is 1. The van der Waals surface area contributed by atoms with Crippen LogP contribution in [0.15, 0.2) is 24.3 Å². The van der Waals surface area contributed by atoms with Crippen molar-refractivity contribution < 1.29 is 29.0 Å². The summed E-state index contributed by atoms with van der Waals surface area (Å²) in [7, 11) is 0. The van der Waals surface area contributed by atoms with Crippen LogP contribution in [-0.2, 0) is 23.9 Å². The highest BCUT2D eigenvalue weighted by Gasteiger charge is 2.75. The van der Waals surface area contributed by atoms with Gasteiger partial charge in [-0.15, -0.1) is 0 Å². The molecule has 4 heterocycles. The molecule has 0 radical (unpaired) electrons. The first kappa shape index (κ1) is 26.9. The normalized spacial score (nSPS) is 35.9. The van der Waals surface area contributed by atoms with E-state index in [2.05, 4.69) is 6.92 Å². The van der Waals surface area contributed by atoms with Gasteiger partial charge in [0.25, 0.3) is 0 Å². The maximum absolute atomic E-state index is 14.3. The monoisotopic (exact) mass is 502 g/mol. The van der Waals surface area contributed by atoms with Gasteiger partial charge in [0.15, 0.2) is 0 Å². The average Bonchev–Trinajstić information content (AvgIpc) is 3.24. The Bertz CT molecular complexity index is 916. The van der Waals surface area contributed by atoms with Gasteiger partial charge < -0.3 is 24.4 Å². The van der Waals surface area contributed by atoms with E-state index in [4.69, 9.17) is 9.47 Å². The predicted octanol–water partition coefficient (Wildman–Crippen LogP) is 2.85. The molecule has 2 fully saturated rings. The molecule has 6 atom stereocenters. The van der Waals surface area contributed by atoms with E-state index >= 15 is 0 Å². The third kappa shape index (κ3) is 4.30. The predicted molar refractivity (Wildman–Crippen MR) is 135 cm³/mol. The Morgan fingerprint density at radius 1 is 1.11 bits per heavy atom. The fraction of sp³-hybridized carbons (Fsp3) is 0.750. The Morgan fingerprint density at radius 2 is 1.89 bits per heavy atom. The number of rotatable bonds is 8. The molecule has 2 amide bonds. The first-order valence-electron chi connectivity index (χ1n) is 13.7. The minimum absolute atomic E-state index is 0.179. The van der Waals surface area contributed by atoms with Crippen molar-refractivity contribution in [2.75, 3.05) is 26.3 Å². The number of cyclic esters (lactones) is 1. The van der Waals surface area contributed by atoms with E-state index in [0.29, 0.717) is 32.4 Å². The van der Waals surface area contributed by atoms with Gasteiger partial charge in [0, 0.05) is 13.1 Å². The number of likely N-dealkylation sites (tertiary alicyclic amines) is 1. The minimum Gasteiger partial charge on any atom is -0.465 e. The lowest BCUT2D eigenvalue weighted by atomic mass is 9.73. The molecule has 4 aliphatic rings. The van der Waals surface area contributed by atoms with Crippen molar-refractivity contribution >= 4 is 17.8 Å². The summed E-state index contributed by atoms with van der Waals surface area (Å²) < 4.78 is 12.6. The molecule has 8 heteroatoms. The summed E-state index contributed by atoms with van der Waals surface area (Å²) in [4.78, 5) is 45.4. The van der Waals surface area contributed by atoms with Crippen LogP contribution in [0.3, 0.4) is 0 Å². The lowest BCUT2D eigenvalue weighted by molar-refractivity contribution is -0.163. The van der Waals surface area contributed by atoms with Crippen molar-refractivity contribution in [1.29, 1.82) is 0 Å². The van der Waals surface area contributed by atoms with E-state index in [1.165, 1.54) is 0 Å². The molecule has 200 valence electrons. The zero-order valence-corrected chi connectivity index (χ0v) is 22.2. The van der Waals surface area contributed by atoms with Crippen LogP contribution in [0.5, 0.6) is 0 Å². The van der Waals surface area contributed by atoms with E-state index in [1.54, 1.807) is 9.80 Å². The molecule has 4 aliphatic heterocycles. The number of carbonyl (C=O) groups excluding carboxylic acids is 3. The fourth-order valence-electron chi connectivity index (χ4n) is 6.62. The molecular weight excluding hydrogens is 460 g/mol. The van der Waals surface area contributed by atoms with E-state index in [1.807, 2.05) is 45.1 Å². The molecule has 36 heavy (non-hydrogen) atoms. The molecule has 0 aromatic heterocycles. The number of allylic oxidation sites excluding steroid dienone is 1. The topological polar surface area (TPSA) is 96.4 Å². The van der Waals surface area contributed by atoms with Crippen LogP contribution in [0.2, 0.25) is 0 Å². The van der Waals surface area contributed by atoms with Crippen LogP contribution >= 0.6 is 0 Å². The van der Waals surface area contributed by atoms with Gasteiger partial charge in [-0.05, 0) is 38.0 Å². The summed E-state index contributed by atoms with van der Waals surface area (Å²) in [5.74, 6) is -2.49. The molecule has 0 bridgehead atoms. The Balaban J connectivity index is 1.89. The number of fused-ring (bicyclic) bond motifs is 2. The maximum Gasteiger partial charge on any atom is 0.313 e. The molecule has 8 nitrogen and oxygen atoms in total. The first-order chi connectivity index (χ1) is 17.3. The van der Waals surface area contributed by atoms with Crippen LogP contribution in [0.25, 0.3) is 0 Å². The zero-order valence-electron chi connectivity index (χ0n) is 22.2. The van der Waals surface area contributed by atoms with Gasteiger partial charge in [0.2, 0.25) is 11.8 Å². The summed E-state index contributed by atoms with van der Waals surface area (Å²) in [6.07, 6.45) is 12.0. The minimum atomic E-state index is -1.30. The Kier molecular flexibility index (Phi) is 7.95. The summed E-state index contributed by atoms with van der Waals surface area (Å²) in [5.41, 5.74) is -2.34. The SMILES string of the molecule is CCCCN1CC=C[C@]23O[C@]4(CC)/C=C\CCCOC(=O)[C@@H]4[C@H]2C(=O)N([C@@H](CO)CC(C)C)C3C1=O. The molecule has 4 rings (SSSR count). The highest BCUT2D eigenvalue weighted by atomic mass is 16.6. The Labute approximate surface area is 214 Å². The number of ether oxygens (including phenoxy) is 2. The molecule has 0 aromatic carbocycles. The molecule has 1 unspecified atom stereocenters. The van der Waals surface area contributed by atoms with Crippen molar-refractivity contribution in [1.82, 2.24) is 9.80 Å². The number of nitrogens with zero attached hydrogens (tertiary/aromatic N) is 2. The first-order valence-corrected chi connectivity index (χ1v) is 13.7. The van der Waals surface area contributed by atoms with Crippen molar-refractivity contribution in [3.63, 3.8) is 0 Å². The number of amides is 2. The number of unbranched alkanes of at least 4 members (excludes halogenated alkanes) is 1. The van der Waals surface area contributed by atoms with Gasteiger partial charge in [-0.1, -0.05) is 58.4 Å². The summed E-state index contributed by atoms with van der Waals surface area (Å²) in [5, 5.41) is 10.4. The maximum atomic E-state index is 14.3. The molecular formula is C28H42N2O6. The molecule has 0 aromatic rings. The summed E-state index contributed by atoms with van der Waals surface area (Å²) in [6, 6.07) is -1.49. The summed E-state index contributed by atoms with van der Waals surface area (Å²) >= 11 is 0. The third-order valence-electron chi connectivity index (χ3n) is 8.28. The molecule has 1 N–H and O–H groups in total. The second-order valence-electron chi connectivity index (χ2n) is 11.1. The number of aliphatic hydroxyl groups is 1. The standard InChI is InChI=1S/C28H42N2O6/c1-5-7-14-29-15-11-13-28-21(22-26(34)35-16-10-8-9-12-27(22,6-2)36-28)24(32)30(23(28)25(29)33)20(18-31)17-19(3)4/h9,11-13,19-23,31H,5-8,10,14-18H2,1-4H3/b12-9-/t20-,21+,22+,23?,27-,28+/m1/s1. The highest BCUT2D eigenvalue weighted by Crippen LogP contribution is 2.58. The van der Waals surface area contributed by atoms with Crippen LogP contribution < -0.4 is 0 Å². The van der Waals surface area contributed by atoms with E-state index in [-0.39, 0.29) is 30.9 Å². The quantitative estimate of drug-likeness (QED) is 0.405. The van der Waals surface area contributed by atoms with Crippen LogP contribution in [0, 0.1) is 17.8 Å². The van der Waals surface area contributed by atoms with E-state index < -0.39 is 41.1 Å². The number of esters is 1. The number of hydrogen-bond acceptors (Lipinski definition) is 6. The fourth-order valence-corrected chi connectivity index (χ4v) is 6.62. The number of aliphatic hydroxyl groups excluding tert-OH is 1. The van der Waals surface area contributed by atoms with Crippen molar-refractivity contribution in [3.8, 4) is 0 Å². The Hall–Kier alpha value is -2.19. The lowest BCUT2D eigenvalue weighted by Crippen LogP contribution is -2.59. The molecule has 2 saturated heterocycles. The second kappa shape index (κ2) is 10.7. The summed E-state index contributed by atoms with van der Waals surface area (Å²) in [6.45, 7) is 9.11. The number of carbonyl (C=O) groups is 3. The van der Waals surface area contributed by atoms with Gasteiger partial charge in [-0.2, -0.15) is 0 Å². The zero-order chi connectivity index (χ0) is 26.1. The highest BCUT2D eigenvalue weighted by molar-refractivity contribution is 5.99. The van der Waals surface area contributed by atoms with Crippen molar-refractivity contribution in [2.24, 2.45) is 17.8 Å². The van der Waals surface area contributed by atoms with Gasteiger partial charge in [0.1, 0.15) is 23.2 Å². The van der Waals surface area contributed by atoms with E-state index in [0.717, 1.165) is 19.3 Å². The van der Waals surface area contributed by atoms with Gasteiger partial charge in [-0.25, -0.2) is 0 Å². The smallest absolute Gasteiger partial charge is 0.313 e. The lowest BCUT2D eigenvalue weighted by Gasteiger charge is -2.41. The molecule has 0 saturated carbocycles. The molecule has 1 spiro atoms. The van der Waals surface area contributed by atoms with Crippen LogP contribution in [-0.4, -0.2) is 82.3 Å². The Morgan fingerprint density at radius 3 is 2.56 bits per heavy atom. The molecule has 0 aliphatic carbocycles. The third-order valence-corrected chi connectivity index (χ3v) is 8.28. The van der Waals surface area contributed by atoms with Crippen LogP contribution in [0.4, 0.5) is 0 Å². The van der Waals surface area contributed by atoms with Crippen molar-refractivity contribution in [3.05, 3.63) is 24.3 Å².